The Hall–Kier alpha value is -2.63. The standard InChI is InChI=1S/C15H16N2O4/c1-3-7-21-11-6-4-5-10(8-11)13-16-9(2)12(15(19)20)14(18)17-13/h4-6,8H,3,7H2,1-2H3,(H,19,20)(H,16,17,18). The molecule has 0 bridgehead atoms. The first-order valence-corrected chi connectivity index (χ1v) is 6.60. The second-order valence-electron chi connectivity index (χ2n) is 4.56. The van der Waals surface area contributed by atoms with E-state index in [-0.39, 0.29) is 11.3 Å². The summed E-state index contributed by atoms with van der Waals surface area (Å²) in [5, 5.41) is 8.97. The van der Waals surface area contributed by atoms with Gasteiger partial charge in [0.2, 0.25) is 0 Å². The molecule has 0 aliphatic carbocycles. The minimum Gasteiger partial charge on any atom is -0.494 e. The van der Waals surface area contributed by atoms with Crippen molar-refractivity contribution in [3.05, 3.63) is 45.9 Å². The summed E-state index contributed by atoms with van der Waals surface area (Å²) in [5.74, 6) is -0.283. The minimum absolute atomic E-state index is 0.182. The van der Waals surface area contributed by atoms with Crippen molar-refractivity contribution in [1.82, 2.24) is 9.97 Å². The molecule has 0 amide bonds. The van der Waals surface area contributed by atoms with Crippen LogP contribution in [0.15, 0.2) is 29.1 Å². The van der Waals surface area contributed by atoms with Gasteiger partial charge in [0.15, 0.2) is 0 Å². The van der Waals surface area contributed by atoms with Crippen LogP contribution in [-0.4, -0.2) is 27.7 Å². The van der Waals surface area contributed by atoms with Gasteiger partial charge in [0, 0.05) is 5.56 Å². The Morgan fingerprint density at radius 1 is 1.43 bits per heavy atom. The summed E-state index contributed by atoms with van der Waals surface area (Å²) in [6, 6.07) is 7.14. The fraction of sp³-hybridized carbons (Fsp3) is 0.267. The monoisotopic (exact) mass is 288 g/mol. The summed E-state index contributed by atoms with van der Waals surface area (Å²) < 4.78 is 5.53. The number of aromatic amines is 1. The normalized spacial score (nSPS) is 10.4. The van der Waals surface area contributed by atoms with Crippen LogP contribution in [0, 0.1) is 6.92 Å². The van der Waals surface area contributed by atoms with Gasteiger partial charge >= 0.3 is 5.97 Å². The smallest absolute Gasteiger partial charge is 0.343 e. The number of carbonyl (C=O) groups is 1. The van der Waals surface area contributed by atoms with Crippen molar-refractivity contribution in [1.29, 1.82) is 0 Å². The van der Waals surface area contributed by atoms with Gasteiger partial charge in [0.05, 0.1) is 12.3 Å². The highest BCUT2D eigenvalue weighted by Crippen LogP contribution is 2.21. The Bertz CT molecular complexity index is 722. The van der Waals surface area contributed by atoms with Crippen molar-refractivity contribution in [3.8, 4) is 17.1 Å². The van der Waals surface area contributed by atoms with Gasteiger partial charge < -0.3 is 14.8 Å². The minimum atomic E-state index is -1.28. The molecule has 0 saturated heterocycles. The number of rotatable bonds is 5. The zero-order valence-electron chi connectivity index (χ0n) is 11.8. The third-order valence-corrected chi connectivity index (χ3v) is 2.89. The van der Waals surface area contributed by atoms with Crippen molar-refractivity contribution >= 4 is 5.97 Å². The molecule has 2 N–H and O–H groups in total. The van der Waals surface area contributed by atoms with E-state index in [9.17, 15) is 9.59 Å². The number of ether oxygens (including phenoxy) is 1. The zero-order valence-corrected chi connectivity index (χ0v) is 11.8. The molecule has 0 aliphatic rings. The predicted molar refractivity (Wildman–Crippen MR) is 77.8 cm³/mol. The van der Waals surface area contributed by atoms with Crippen LogP contribution in [-0.2, 0) is 0 Å². The summed E-state index contributed by atoms with van der Waals surface area (Å²) in [7, 11) is 0. The molecule has 0 radical (unpaired) electrons. The molecule has 1 aromatic carbocycles. The van der Waals surface area contributed by atoms with Crippen LogP contribution in [0.5, 0.6) is 5.75 Å². The van der Waals surface area contributed by atoms with Gasteiger partial charge in [-0.2, -0.15) is 0 Å². The molecule has 6 nitrogen and oxygen atoms in total. The van der Waals surface area contributed by atoms with E-state index in [2.05, 4.69) is 9.97 Å². The average Bonchev–Trinajstić information content (AvgIpc) is 2.44. The number of nitrogens with one attached hydrogen (secondary N) is 1. The number of nitrogens with zero attached hydrogens (tertiary/aromatic N) is 1. The number of aryl methyl sites for hydroxylation is 1. The summed E-state index contributed by atoms with van der Waals surface area (Å²) >= 11 is 0. The first kappa shape index (κ1) is 14.8. The fourth-order valence-electron chi connectivity index (χ4n) is 1.93. The van der Waals surface area contributed by atoms with Crippen LogP contribution >= 0.6 is 0 Å². The number of hydrogen-bond acceptors (Lipinski definition) is 4. The molecule has 2 rings (SSSR count). The molecular formula is C15H16N2O4. The maximum atomic E-state index is 11.8. The number of hydrogen-bond donors (Lipinski definition) is 2. The Labute approximate surface area is 121 Å². The molecule has 0 spiro atoms. The summed E-state index contributed by atoms with van der Waals surface area (Å²) in [4.78, 5) is 29.5. The van der Waals surface area contributed by atoms with Crippen LogP contribution < -0.4 is 10.3 Å². The highest BCUT2D eigenvalue weighted by Gasteiger charge is 2.15. The van der Waals surface area contributed by atoms with E-state index < -0.39 is 11.5 Å². The largest absolute Gasteiger partial charge is 0.494 e. The van der Waals surface area contributed by atoms with Crippen molar-refractivity contribution in [2.45, 2.75) is 20.3 Å². The third kappa shape index (κ3) is 3.28. The molecule has 0 atom stereocenters. The fourth-order valence-corrected chi connectivity index (χ4v) is 1.93. The summed E-state index contributed by atoms with van der Waals surface area (Å²) in [5.41, 5.74) is -0.149. The van der Waals surface area contributed by atoms with Crippen molar-refractivity contribution in [3.63, 3.8) is 0 Å². The van der Waals surface area contributed by atoms with E-state index in [4.69, 9.17) is 9.84 Å². The van der Waals surface area contributed by atoms with Gasteiger partial charge in [0.1, 0.15) is 17.1 Å². The lowest BCUT2D eigenvalue weighted by atomic mass is 10.1. The zero-order chi connectivity index (χ0) is 15.4. The molecule has 2 aromatic rings. The third-order valence-electron chi connectivity index (χ3n) is 2.89. The lowest BCUT2D eigenvalue weighted by Gasteiger charge is -2.08. The Balaban J connectivity index is 2.43. The van der Waals surface area contributed by atoms with E-state index in [1.807, 2.05) is 13.0 Å². The molecule has 21 heavy (non-hydrogen) atoms. The molecule has 6 heteroatoms. The number of benzene rings is 1. The topological polar surface area (TPSA) is 92.3 Å². The molecule has 0 fully saturated rings. The van der Waals surface area contributed by atoms with Crippen molar-refractivity contribution in [2.75, 3.05) is 6.61 Å². The lowest BCUT2D eigenvalue weighted by Crippen LogP contribution is -2.21. The summed E-state index contributed by atoms with van der Waals surface area (Å²) in [6.45, 7) is 4.11. The molecule has 110 valence electrons. The van der Waals surface area contributed by atoms with Crippen molar-refractivity contribution in [2.24, 2.45) is 0 Å². The van der Waals surface area contributed by atoms with Crippen LogP contribution in [0.2, 0.25) is 0 Å². The van der Waals surface area contributed by atoms with Gasteiger partial charge in [0.25, 0.3) is 5.56 Å². The predicted octanol–water partition coefficient (Wildman–Crippen LogP) is 2.23. The summed E-state index contributed by atoms with van der Waals surface area (Å²) in [6.07, 6.45) is 0.895. The molecule has 1 aromatic heterocycles. The van der Waals surface area contributed by atoms with Gasteiger partial charge in [-0.1, -0.05) is 19.1 Å². The first-order chi connectivity index (χ1) is 10.0. The SMILES string of the molecule is CCCOc1cccc(-c2nc(C)c(C(=O)O)c(=O)[nH]2)c1. The lowest BCUT2D eigenvalue weighted by molar-refractivity contribution is 0.0693. The Morgan fingerprint density at radius 3 is 2.81 bits per heavy atom. The highest BCUT2D eigenvalue weighted by atomic mass is 16.5. The van der Waals surface area contributed by atoms with E-state index >= 15 is 0 Å². The van der Waals surface area contributed by atoms with Crippen LogP contribution in [0.25, 0.3) is 11.4 Å². The number of carboxylic acid groups (broad SMARTS) is 1. The maximum absolute atomic E-state index is 11.8. The second-order valence-corrected chi connectivity index (χ2v) is 4.56. The molecule has 0 aliphatic heterocycles. The quantitative estimate of drug-likeness (QED) is 0.880. The van der Waals surface area contributed by atoms with Gasteiger partial charge in [-0.25, -0.2) is 9.78 Å². The highest BCUT2D eigenvalue weighted by molar-refractivity contribution is 5.88. The van der Waals surface area contributed by atoms with Gasteiger partial charge in [-0.15, -0.1) is 0 Å². The molecule has 0 unspecified atom stereocenters. The Morgan fingerprint density at radius 2 is 2.19 bits per heavy atom. The Kier molecular flexibility index (Phi) is 4.37. The average molecular weight is 288 g/mol. The molecular weight excluding hydrogens is 272 g/mol. The van der Waals surface area contributed by atoms with E-state index in [0.29, 0.717) is 23.7 Å². The second kappa shape index (κ2) is 6.21. The van der Waals surface area contributed by atoms with Gasteiger partial charge in [-0.3, -0.25) is 4.79 Å². The van der Waals surface area contributed by atoms with Crippen molar-refractivity contribution < 1.29 is 14.6 Å². The number of aromatic carboxylic acids is 1. The van der Waals surface area contributed by atoms with Crippen LogP contribution in [0.4, 0.5) is 0 Å². The van der Waals surface area contributed by atoms with E-state index in [1.165, 1.54) is 6.92 Å². The van der Waals surface area contributed by atoms with E-state index in [0.717, 1.165) is 6.42 Å². The first-order valence-electron chi connectivity index (χ1n) is 6.60. The molecule has 1 heterocycles. The van der Waals surface area contributed by atoms with Gasteiger partial charge in [-0.05, 0) is 25.5 Å². The number of H-pyrrole nitrogens is 1. The number of carboxylic acids is 1. The number of aromatic nitrogens is 2. The maximum Gasteiger partial charge on any atom is 0.343 e. The van der Waals surface area contributed by atoms with Crippen LogP contribution in [0.1, 0.15) is 29.4 Å². The van der Waals surface area contributed by atoms with E-state index in [1.54, 1.807) is 18.2 Å². The molecule has 0 saturated carbocycles. The van der Waals surface area contributed by atoms with Crippen LogP contribution in [0.3, 0.4) is 0 Å².